The van der Waals surface area contributed by atoms with Crippen molar-refractivity contribution in [3.05, 3.63) is 64.4 Å². The van der Waals surface area contributed by atoms with Gasteiger partial charge in [0, 0.05) is 29.6 Å². The van der Waals surface area contributed by atoms with Crippen LogP contribution in [0.2, 0.25) is 0 Å². The standard InChI is InChI=1S/C20H16N4O4S/c25-18(14-3-1-2-7-21-14)23-20-22-13-6-8-24(10-17(13)29-20)19(26)12-4-5-15-16(9-12)28-11-27-15/h1-5,7,9H,6,8,10-11H2,(H,22,23,25). The molecular weight excluding hydrogens is 392 g/mol. The van der Waals surface area contributed by atoms with Gasteiger partial charge in [0.25, 0.3) is 11.8 Å². The van der Waals surface area contributed by atoms with Gasteiger partial charge in [0.15, 0.2) is 16.6 Å². The van der Waals surface area contributed by atoms with Crippen molar-refractivity contribution in [2.24, 2.45) is 0 Å². The van der Waals surface area contributed by atoms with E-state index in [4.69, 9.17) is 9.47 Å². The minimum absolute atomic E-state index is 0.0681. The summed E-state index contributed by atoms with van der Waals surface area (Å²) in [6.45, 7) is 1.20. The summed E-state index contributed by atoms with van der Waals surface area (Å²) < 4.78 is 10.7. The molecule has 8 nitrogen and oxygen atoms in total. The van der Waals surface area contributed by atoms with Crippen LogP contribution in [0.15, 0.2) is 42.6 Å². The summed E-state index contributed by atoms with van der Waals surface area (Å²) in [6, 6.07) is 10.4. The van der Waals surface area contributed by atoms with Crippen molar-refractivity contribution in [3.63, 3.8) is 0 Å². The third-order valence-electron chi connectivity index (χ3n) is 4.76. The van der Waals surface area contributed by atoms with Gasteiger partial charge in [0.05, 0.1) is 12.2 Å². The summed E-state index contributed by atoms with van der Waals surface area (Å²) >= 11 is 1.39. The zero-order valence-corrected chi connectivity index (χ0v) is 16.1. The molecule has 0 saturated carbocycles. The minimum atomic E-state index is -0.301. The van der Waals surface area contributed by atoms with Crippen LogP contribution >= 0.6 is 11.3 Å². The summed E-state index contributed by atoms with van der Waals surface area (Å²) in [6.07, 6.45) is 2.21. The Balaban J connectivity index is 1.30. The van der Waals surface area contributed by atoms with Gasteiger partial charge in [0.1, 0.15) is 5.69 Å². The van der Waals surface area contributed by atoms with Crippen molar-refractivity contribution in [1.82, 2.24) is 14.9 Å². The van der Waals surface area contributed by atoms with Crippen LogP contribution in [0.1, 0.15) is 31.4 Å². The van der Waals surface area contributed by atoms with E-state index in [1.165, 1.54) is 11.3 Å². The second-order valence-electron chi connectivity index (χ2n) is 6.60. The molecular formula is C20H16N4O4S. The number of aromatic nitrogens is 2. The number of carbonyl (C=O) groups is 2. The number of ether oxygens (including phenoxy) is 2. The van der Waals surface area contributed by atoms with Gasteiger partial charge in [-0.05, 0) is 30.3 Å². The number of fused-ring (bicyclic) bond motifs is 2. The highest BCUT2D eigenvalue weighted by molar-refractivity contribution is 7.15. The Labute approximate surface area is 170 Å². The van der Waals surface area contributed by atoms with Crippen LogP contribution in [0.5, 0.6) is 11.5 Å². The average Bonchev–Trinajstić information content (AvgIpc) is 3.38. The first-order chi connectivity index (χ1) is 14.2. The van der Waals surface area contributed by atoms with E-state index in [0.717, 1.165) is 10.6 Å². The zero-order valence-electron chi connectivity index (χ0n) is 15.3. The molecule has 29 heavy (non-hydrogen) atoms. The van der Waals surface area contributed by atoms with E-state index in [1.807, 2.05) is 0 Å². The number of amides is 2. The summed E-state index contributed by atoms with van der Waals surface area (Å²) in [5.74, 6) is 0.871. The fourth-order valence-corrected chi connectivity index (χ4v) is 4.31. The van der Waals surface area contributed by atoms with Crippen LogP contribution in [0, 0.1) is 0 Å². The van der Waals surface area contributed by atoms with Crippen molar-refractivity contribution in [1.29, 1.82) is 0 Å². The van der Waals surface area contributed by atoms with Crippen LogP contribution in [0.4, 0.5) is 5.13 Å². The van der Waals surface area contributed by atoms with Gasteiger partial charge in [0.2, 0.25) is 6.79 Å². The molecule has 0 spiro atoms. The van der Waals surface area contributed by atoms with Crippen LogP contribution in [-0.4, -0.2) is 40.0 Å². The van der Waals surface area contributed by atoms with E-state index in [9.17, 15) is 9.59 Å². The summed E-state index contributed by atoms with van der Waals surface area (Å²) in [5, 5.41) is 3.31. The molecule has 0 bridgehead atoms. The van der Waals surface area contributed by atoms with Crippen molar-refractivity contribution in [3.8, 4) is 11.5 Å². The van der Waals surface area contributed by atoms with E-state index < -0.39 is 0 Å². The Morgan fingerprint density at radius 3 is 2.90 bits per heavy atom. The number of hydrogen-bond acceptors (Lipinski definition) is 7. The lowest BCUT2D eigenvalue weighted by Gasteiger charge is -2.26. The highest BCUT2D eigenvalue weighted by atomic mass is 32.1. The number of carbonyl (C=O) groups excluding carboxylic acids is 2. The molecule has 2 aromatic heterocycles. The molecule has 9 heteroatoms. The van der Waals surface area contributed by atoms with E-state index in [1.54, 1.807) is 47.5 Å². The predicted octanol–water partition coefficient (Wildman–Crippen LogP) is 2.72. The van der Waals surface area contributed by atoms with Crippen LogP contribution < -0.4 is 14.8 Å². The molecule has 0 atom stereocenters. The SMILES string of the molecule is O=C(Nc1nc2c(s1)CN(C(=O)c1ccc3c(c1)OCO3)CC2)c1ccccn1. The second kappa shape index (κ2) is 7.17. The number of hydrogen-bond donors (Lipinski definition) is 1. The van der Waals surface area contributed by atoms with Gasteiger partial charge in [-0.2, -0.15) is 0 Å². The minimum Gasteiger partial charge on any atom is -0.454 e. The fraction of sp³-hybridized carbons (Fsp3) is 0.200. The van der Waals surface area contributed by atoms with Gasteiger partial charge in [-0.15, -0.1) is 0 Å². The lowest BCUT2D eigenvalue weighted by molar-refractivity contribution is 0.0735. The number of anilines is 1. The lowest BCUT2D eigenvalue weighted by atomic mass is 10.1. The molecule has 2 amide bonds. The highest BCUT2D eigenvalue weighted by Gasteiger charge is 2.26. The highest BCUT2D eigenvalue weighted by Crippen LogP contribution is 2.34. The molecule has 0 saturated heterocycles. The summed E-state index contributed by atoms with van der Waals surface area (Å²) in [4.78, 5) is 36.5. The van der Waals surface area contributed by atoms with Gasteiger partial charge in [-0.25, -0.2) is 4.98 Å². The van der Waals surface area contributed by atoms with Gasteiger partial charge < -0.3 is 14.4 Å². The molecule has 146 valence electrons. The maximum atomic E-state index is 12.9. The van der Waals surface area contributed by atoms with Crippen molar-refractivity contribution in [2.45, 2.75) is 13.0 Å². The van der Waals surface area contributed by atoms with Crippen LogP contribution in [0.25, 0.3) is 0 Å². The Morgan fingerprint density at radius 2 is 2.03 bits per heavy atom. The van der Waals surface area contributed by atoms with Crippen molar-refractivity contribution < 1.29 is 19.1 Å². The largest absolute Gasteiger partial charge is 0.454 e. The number of nitrogens with one attached hydrogen (secondary N) is 1. The molecule has 3 aromatic rings. The summed E-state index contributed by atoms with van der Waals surface area (Å²) in [7, 11) is 0. The molecule has 0 unspecified atom stereocenters. The van der Waals surface area contributed by atoms with Crippen molar-refractivity contribution >= 4 is 28.3 Å². The average molecular weight is 408 g/mol. The first-order valence-electron chi connectivity index (χ1n) is 9.07. The lowest BCUT2D eigenvalue weighted by Crippen LogP contribution is -2.35. The Hall–Kier alpha value is -3.46. The Bertz CT molecular complexity index is 1100. The molecule has 0 radical (unpaired) electrons. The van der Waals surface area contributed by atoms with E-state index >= 15 is 0 Å². The van der Waals surface area contributed by atoms with E-state index in [-0.39, 0.29) is 18.6 Å². The molecule has 5 rings (SSSR count). The quantitative estimate of drug-likeness (QED) is 0.716. The fourth-order valence-electron chi connectivity index (χ4n) is 3.29. The van der Waals surface area contributed by atoms with Crippen LogP contribution in [-0.2, 0) is 13.0 Å². The molecule has 4 heterocycles. The summed E-state index contributed by atoms with van der Waals surface area (Å²) in [5.41, 5.74) is 1.81. The molecule has 1 aromatic carbocycles. The number of nitrogens with zero attached hydrogens (tertiary/aromatic N) is 3. The zero-order chi connectivity index (χ0) is 19.8. The smallest absolute Gasteiger partial charge is 0.276 e. The van der Waals surface area contributed by atoms with Crippen LogP contribution in [0.3, 0.4) is 0 Å². The van der Waals surface area contributed by atoms with Crippen molar-refractivity contribution in [2.75, 3.05) is 18.7 Å². The molecule has 2 aliphatic rings. The Kier molecular flexibility index (Phi) is 4.36. The number of benzene rings is 1. The first-order valence-corrected chi connectivity index (χ1v) is 9.89. The topological polar surface area (TPSA) is 93.7 Å². The Morgan fingerprint density at radius 1 is 1.14 bits per heavy atom. The molecule has 0 aliphatic carbocycles. The van der Waals surface area contributed by atoms with Gasteiger partial charge >= 0.3 is 0 Å². The first kappa shape index (κ1) is 17.6. The van der Waals surface area contributed by atoms with Gasteiger partial charge in [-0.3, -0.25) is 19.9 Å². The van der Waals surface area contributed by atoms with E-state index in [0.29, 0.717) is 47.4 Å². The maximum absolute atomic E-state index is 12.9. The van der Waals surface area contributed by atoms with E-state index in [2.05, 4.69) is 15.3 Å². The molecule has 2 aliphatic heterocycles. The molecule has 0 fully saturated rings. The third kappa shape index (κ3) is 3.40. The monoisotopic (exact) mass is 408 g/mol. The number of pyridine rings is 1. The normalized spacial score (nSPS) is 14.4. The maximum Gasteiger partial charge on any atom is 0.276 e. The molecule has 1 N–H and O–H groups in total. The van der Waals surface area contributed by atoms with Gasteiger partial charge in [-0.1, -0.05) is 17.4 Å². The third-order valence-corrected chi connectivity index (χ3v) is 5.75. The number of thiazole rings is 1. The number of rotatable bonds is 3. The second-order valence-corrected chi connectivity index (χ2v) is 7.69. The predicted molar refractivity (Wildman–Crippen MR) is 105 cm³/mol.